The number of ketones is 1. The molecule has 4 aliphatic carbocycles. The molecule has 1 aliphatic heterocycles. The minimum atomic E-state index is -1.79. The van der Waals surface area contributed by atoms with Crippen LogP contribution in [0.5, 0.6) is 0 Å². The van der Waals surface area contributed by atoms with Crippen LogP contribution in [0.2, 0.25) is 0 Å². The van der Waals surface area contributed by atoms with Gasteiger partial charge in [0.2, 0.25) is 0 Å². The van der Waals surface area contributed by atoms with Crippen LogP contribution in [0, 0.1) is 39.9 Å². The molecule has 0 aromatic rings. The molecule has 5 aliphatic rings. The molecule has 4 saturated carbocycles. The van der Waals surface area contributed by atoms with E-state index in [0.29, 0.717) is 30.6 Å². The van der Waals surface area contributed by atoms with E-state index in [9.17, 15) is 15.0 Å². The first-order valence-electron chi connectivity index (χ1n) is 11.7. The molecule has 7 atom stereocenters. The number of aliphatic hydroxyl groups is 2. The number of carbonyl (C=O) groups is 1. The van der Waals surface area contributed by atoms with Gasteiger partial charge in [-0.1, -0.05) is 27.7 Å². The summed E-state index contributed by atoms with van der Waals surface area (Å²) in [5, 5.41) is 23.1. The summed E-state index contributed by atoms with van der Waals surface area (Å²) in [6, 6.07) is 0. The molecule has 164 valence electrons. The van der Waals surface area contributed by atoms with Gasteiger partial charge in [0.15, 0.2) is 5.79 Å². The van der Waals surface area contributed by atoms with Gasteiger partial charge in [0, 0.05) is 23.7 Å². The van der Waals surface area contributed by atoms with Crippen LogP contribution < -0.4 is 0 Å². The van der Waals surface area contributed by atoms with E-state index in [1.165, 1.54) is 0 Å². The normalized spacial score (nSPS) is 53.2. The molecule has 0 bridgehead atoms. The zero-order valence-corrected chi connectivity index (χ0v) is 18.5. The molecule has 0 aromatic heterocycles. The number of hydrogen-bond acceptors (Lipinski definition) is 5. The van der Waals surface area contributed by atoms with Crippen molar-refractivity contribution in [2.24, 2.45) is 39.9 Å². The Labute approximate surface area is 174 Å². The van der Waals surface area contributed by atoms with Crippen molar-refractivity contribution < 1.29 is 24.8 Å². The summed E-state index contributed by atoms with van der Waals surface area (Å²) in [6.07, 6.45) is 7.41. The Morgan fingerprint density at radius 2 is 1.72 bits per heavy atom. The highest BCUT2D eigenvalue weighted by Gasteiger charge is 2.69. The Morgan fingerprint density at radius 1 is 0.966 bits per heavy atom. The molecular formula is C24H38O5. The first-order chi connectivity index (χ1) is 13.4. The lowest BCUT2D eigenvalue weighted by Crippen LogP contribution is -2.68. The first-order valence-corrected chi connectivity index (χ1v) is 11.7. The monoisotopic (exact) mass is 406 g/mol. The van der Waals surface area contributed by atoms with Crippen molar-refractivity contribution in [1.29, 1.82) is 0 Å². The third kappa shape index (κ3) is 2.69. The van der Waals surface area contributed by atoms with Crippen LogP contribution in [-0.2, 0) is 14.6 Å². The molecule has 5 nitrogen and oxygen atoms in total. The zero-order chi connectivity index (χ0) is 20.9. The smallest absolute Gasteiger partial charge is 0.171 e. The highest BCUT2D eigenvalue weighted by molar-refractivity contribution is 5.87. The molecule has 5 fully saturated rings. The van der Waals surface area contributed by atoms with E-state index in [1.54, 1.807) is 0 Å². The van der Waals surface area contributed by atoms with Crippen LogP contribution in [0.15, 0.2) is 0 Å². The molecule has 1 saturated heterocycles. The van der Waals surface area contributed by atoms with Gasteiger partial charge in [-0.15, -0.1) is 0 Å². The molecule has 0 radical (unpaired) electrons. The van der Waals surface area contributed by atoms with Crippen molar-refractivity contribution >= 4 is 5.78 Å². The van der Waals surface area contributed by atoms with E-state index in [1.807, 2.05) is 0 Å². The van der Waals surface area contributed by atoms with E-state index in [4.69, 9.17) is 9.78 Å². The third-order valence-corrected chi connectivity index (χ3v) is 10.1. The summed E-state index contributed by atoms with van der Waals surface area (Å²) >= 11 is 0. The van der Waals surface area contributed by atoms with Crippen molar-refractivity contribution in [3.05, 3.63) is 0 Å². The lowest BCUT2D eigenvalue weighted by molar-refractivity contribution is -0.445. The minimum Gasteiger partial charge on any atom is -0.365 e. The maximum Gasteiger partial charge on any atom is 0.171 e. The summed E-state index contributed by atoms with van der Waals surface area (Å²) in [7, 11) is 0. The Kier molecular flexibility index (Phi) is 4.26. The summed E-state index contributed by atoms with van der Waals surface area (Å²) in [5.74, 6) is -0.0565. The second-order valence-corrected chi connectivity index (χ2v) is 12.4. The number of fused-ring (bicyclic) bond motifs is 5. The van der Waals surface area contributed by atoms with Gasteiger partial charge in [-0.3, -0.25) is 4.79 Å². The number of Topliss-reactive ketones (excluding diaryl/α,β-unsaturated/α-hetero) is 1. The van der Waals surface area contributed by atoms with Crippen LogP contribution in [0.4, 0.5) is 0 Å². The van der Waals surface area contributed by atoms with E-state index in [2.05, 4.69) is 27.7 Å². The molecule has 5 heteroatoms. The van der Waals surface area contributed by atoms with E-state index in [-0.39, 0.29) is 29.1 Å². The first kappa shape index (κ1) is 20.4. The summed E-state index contributed by atoms with van der Waals surface area (Å²) in [4.78, 5) is 24.0. The van der Waals surface area contributed by atoms with Gasteiger partial charge in [-0.25, -0.2) is 9.78 Å². The Balaban J connectivity index is 1.48. The quantitative estimate of drug-likeness (QED) is 0.470. The predicted octanol–water partition coefficient (Wildman–Crippen LogP) is 4.01. The molecule has 2 N–H and O–H groups in total. The van der Waals surface area contributed by atoms with Gasteiger partial charge in [-0.2, -0.15) is 0 Å². The SMILES string of the molecule is CC1(C)COOC2(CC3CC[C@@H]4[C@H](CC[C@]5(C)C(=O)CC[C@@H]45)[C@@]3(C)C(O)(O)C2)C1. The van der Waals surface area contributed by atoms with E-state index < -0.39 is 16.8 Å². The zero-order valence-electron chi connectivity index (χ0n) is 18.5. The fraction of sp³-hybridized carbons (Fsp3) is 0.958. The highest BCUT2D eigenvalue weighted by atomic mass is 17.2. The maximum atomic E-state index is 12.6. The van der Waals surface area contributed by atoms with Crippen molar-refractivity contribution in [2.45, 2.75) is 96.9 Å². The Morgan fingerprint density at radius 3 is 2.45 bits per heavy atom. The summed E-state index contributed by atoms with van der Waals surface area (Å²) in [6.45, 7) is 9.16. The molecule has 29 heavy (non-hydrogen) atoms. The molecular weight excluding hydrogens is 368 g/mol. The lowest BCUT2D eigenvalue weighted by atomic mass is 9.42. The minimum absolute atomic E-state index is 0.0316. The fourth-order valence-electron chi connectivity index (χ4n) is 8.77. The fourth-order valence-corrected chi connectivity index (χ4v) is 8.77. The summed E-state index contributed by atoms with van der Waals surface area (Å²) in [5.41, 5.74) is -1.39. The standard InChI is InChI=1S/C24H38O5/c1-20(2)12-23(29-28-14-20)11-15-5-6-16-17-7-8-19(25)21(17,3)10-9-18(16)22(15,4)24(26,27)13-23/h15-18,26-27H,5-14H2,1-4H3/t15?,16-,17-,18-,21-,22-,23?/m0/s1. The van der Waals surface area contributed by atoms with E-state index in [0.717, 1.165) is 44.9 Å². The van der Waals surface area contributed by atoms with Crippen LogP contribution in [0.3, 0.4) is 0 Å². The lowest BCUT2D eigenvalue weighted by Gasteiger charge is -2.66. The van der Waals surface area contributed by atoms with Crippen LogP contribution in [-0.4, -0.2) is 34.0 Å². The molecule has 1 heterocycles. The number of rotatable bonds is 0. The molecule has 0 amide bonds. The Bertz CT molecular complexity index is 716. The topological polar surface area (TPSA) is 76.0 Å². The highest BCUT2D eigenvalue weighted by Crippen LogP contribution is 2.69. The average Bonchev–Trinajstić information content (AvgIpc) is 2.90. The molecule has 1 spiro atoms. The van der Waals surface area contributed by atoms with Gasteiger partial charge in [0.1, 0.15) is 11.4 Å². The Hall–Kier alpha value is -0.490. The second kappa shape index (κ2) is 6.05. The van der Waals surface area contributed by atoms with Crippen LogP contribution in [0.25, 0.3) is 0 Å². The summed E-state index contributed by atoms with van der Waals surface area (Å²) < 4.78 is 0. The third-order valence-electron chi connectivity index (χ3n) is 10.1. The van der Waals surface area contributed by atoms with Gasteiger partial charge in [0.25, 0.3) is 0 Å². The van der Waals surface area contributed by atoms with Crippen molar-refractivity contribution in [3.8, 4) is 0 Å². The van der Waals surface area contributed by atoms with Gasteiger partial charge in [0.05, 0.1) is 6.61 Å². The number of carbonyl (C=O) groups excluding carboxylic acids is 1. The van der Waals surface area contributed by atoms with Crippen molar-refractivity contribution in [1.82, 2.24) is 0 Å². The average molecular weight is 407 g/mol. The van der Waals surface area contributed by atoms with Gasteiger partial charge >= 0.3 is 0 Å². The van der Waals surface area contributed by atoms with Gasteiger partial charge in [-0.05, 0) is 74.0 Å². The van der Waals surface area contributed by atoms with Crippen molar-refractivity contribution in [3.63, 3.8) is 0 Å². The van der Waals surface area contributed by atoms with Crippen molar-refractivity contribution in [2.75, 3.05) is 6.61 Å². The molecule has 0 aromatic carbocycles. The van der Waals surface area contributed by atoms with Crippen LogP contribution >= 0.6 is 0 Å². The second-order valence-electron chi connectivity index (χ2n) is 12.4. The molecule has 5 rings (SSSR count). The van der Waals surface area contributed by atoms with Crippen LogP contribution in [0.1, 0.15) is 85.5 Å². The number of hydrogen-bond donors (Lipinski definition) is 2. The van der Waals surface area contributed by atoms with Gasteiger partial charge < -0.3 is 10.2 Å². The predicted molar refractivity (Wildman–Crippen MR) is 107 cm³/mol. The van der Waals surface area contributed by atoms with E-state index >= 15 is 0 Å². The largest absolute Gasteiger partial charge is 0.365 e. The maximum absolute atomic E-state index is 12.6. The molecule has 2 unspecified atom stereocenters.